The molecule has 0 aliphatic heterocycles. The summed E-state index contributed by atoms with van der Waals surface area (Å²) in [5, 5.41) is 0. The van der Waals surface area contributed by atoms with Gasteiger partial charge in [0.1, 0.15) is 18.1 Å². The average molecular weight is 257 g/mol. The van der Waals surface area contributed by atoms with E-state index >= 15 is 0 Å². The molecule has 0 amide bonds. The molecular weight excluding hydrogens is 238 g/mol. The Morgan fingerprint density at radius 2 is 1.74 bits per heavy atom. The van der Waals surface area contributed by atoms with Crippen molar-refractivity contribution in [3.8, 4) is 11.5 Å². The number of nitrogens with two attached hydrogens (primary N) is 1. The minimum absolute atomic E-state index is 0.535. The van der Waals surface area contributed by atoms with Crippen molar-refractivity contribution in [2.24, 2.45) is 5.73 Å². The van der Waals surface area contributed by atoms with Gasteiger partial charge < -0.3 is 15.2 Å². The molecule has 0 unspecified atom stereocenters. The zero-order chi connectivity index (χ0) is 13.5. The third-order valence-electron chi connectivity index (χ3n) is 2.90. The summed E-state index contributed by atoms with van der Waals surface area (Å²) >= 11 is 0. The maximum absolute atomic E-state index is 5.74. The Bertz CT molecular complexity index is 508. The highest BCUT2D eigenvalue weighted by Gasteiger charge is 1.98. The van der Waals surface area contributed by atoms with Gasteiger partial charge in [-0.1, -0.05) is 24.3 Å². The van der Waals surface area contributed by atoms with Crippen molar-refractivity contribution in [3.05, 3.63) is 59.7 Å². The van der Waals surface area contributed by atoms with Crippen molar-refractivity contribution in [2.45, 2.75) is 13.0 Å². The van der Waals surface area contributed by atoms with Crippen molar-refractivity contribution in [2.75, 3.05) is 13.7 Å². The Balaban J connectivity index is 1.94. The van der Waals surface area contributed by atoms with Crippen molar-refractivity contribution in [1.82, 2.24) is 0 Å². The van der Waals surface area contributed by atoms with Gasteiger partial charge in [0.2, 0.25) is 0 Å². The molecule has 2 aromatic carbocycles. The summed E-state index contributed by atoms with van der Waals surface area (Å²) < 4.78 is 10.9. The molecule has 2 rings (SSSR count). The van der Waals surface area contributed by atoms with Crippen LogP contribution in [0.1, 0.15) is 11.1 Å². The van der Waals surface area contributed by atoms with Crippen LogP contribution in [0.5, 0.6) is 11.5 Å². The summed E-state index contributed by atoms with van der Waals surface area (Å²) in [7, 11) is 1.66. The van der Waals surface area contributed by atoms with Gasteiger partial charge in [-0.25, -0.2) is 0 Å². The molecule has 0 saturated carbocycles. The van der Waals surface area contributed by atoms with Crippen LogP contribution in [-0.4, -0.2) is 13.7 Å². The van der Waals surface area contributed by atoms with E-state index in [1.807, 2.05) is 48.5 Å². The van der Waals surface area contributed by atoms with E-state index in [1.165, 1.54) is 5.56 Å². The van der Waals surface area contributed by atoms with Crippen molar-refractivity contribution < 1.29 is 9.47 Å². The molecule has 0 saturated heterocycles. The standard InChI is InChI=1S/C16H19NO2/c1-18-16-4-2-3-14(11-16)12-19-15-7-5-13(6-8-15)9-10-17/h2-8,11H,9-10,12,17H2,1H3. The molecule has 0 radical (unpaired) electrons. The summed E-state index contributed by atoms with van der Waals surface area (Å²) in [5.41, 5.74) is 7.84. The first kappa shape index (κ1) is 13.4. The molecule has 0 heterocycles. The fourth-order valence-corrected chi connectivity index (χ4v) is 1.85. The maximum Gasteiger partial charge on any atom is 0.119 e. The Hall–Kier alpha value is -2.00. The summed E-state index contributed by atoms with van der Waals surface area (Å²) in [5.74, 6) is 1.71. The minimum Gasteiger partial charge on any atom is -0.497 e. The molecule has 2 aromatic rings. The molecule has 19 heavy (non-hydrogen) atoms. The fourth-order valence-electron chi connectivity index (χ4n) is 1.85. The second-order valence-corrected chi connectivity index (χ2v) is 4.32. The minimum atomic E-state index is 0.535. The maximum atomic E-state index is 5.74. The highest BCUT2D eigenvalue weighted by atomic mass is 16.5. The van der Waals surface area contributed by atoms with E-state index in [2.05, 4.69) is 0 Å². The normalized spacial score (nSPS) is 10.2. The zero-order valence-corrected chi connectivity index (χ0v) is 11.1. The van der Waals surface area contributed by atoms with Crippen molar-refractivity contribution in [3.63, 3.8) is 0 Å². The largest absolute Gasteiger partial charge is 0.497 e. The first-order valence-electron chi connectivity index (χ1n) is 6.36. The highest BCUT2D eigenvalue weighted by Crippen LogP contribution is 2.17. The van der Waals surface area contributed by atoms with Gasteiger partial charge in [0.15, 0.2) is 0 Å². The van der Waals surface area contributed by atoms with Gasteiger partial charge in [-0.2, -0.15) is 0 Å². The van der Waals surface area contributed by atoms with Gasteiger partial charge in [0.25, 0.3) is 0 Å². The third-order valence-corrected chi connectivity index (χ3v) is 2.90. The van der Waals surface area contributed by atoms with Crippen molar-refractivity contribution >= 4 is 0 Å². The van der Waals surface area contributed by atoms with Gasteiger partial charge in [-0.05, 0) is 48.4 Å². The third kappa shape index (κ3) is 4.00. The van der Waals surface area contributed by atoms with Crippen LogP contribution in [0.4, 0.5) is 0 Å². The fraction of sp³-hybridized carbons (Fsp3) is 0.250. The average Bonchev–Trinajstić information content (AvgIpc) is 2.47. The van der Waals surface area contributed by atoms with E-state index in [0.29, 0.717) is 13.2 Å². The monoisotopic (exact) mass is 257 g/mol. The number of rotatable bonds is 6. The molecule has 2 N–H and O–H groups in total. The Morgan fingerprint density at radius 3 is 2.42 bits per heavy atom. The van der Waals surface area contributed by atoms with E-state index in [9.17, 15) is 0 Å². The number of hydrogen-bond acceptors (Lipinski definition) is 3. The first-order chi connectivity index (χ1) is 9.31. The van der Waals surface area contributed by atoms with Gasteiger partial charge in [0, 0.05) is 0 Å². The molecule has 0 atom stereocenters. The number of hydrogen-bond donors (Lipinski definition) is 1. The zero-order valence-electron chi connectivity index (χ0n) is 11.1. The molecule has 0 aliphatic rings. The van der Waals surface area contributed by atoms with Crippen molar-refractivity contribution in [1.29, 1.82) is 0 Å². The molecule has 0 aliphatic carbocycles. The lowest BCUT2D eigenvalue weighted by Crippen LogP contribution is -2.02. The summed E-state index contributed by atoms with van der Waals surface area (Å²) in [6.45, 7) is 1.21. The molecule has 100 valence electrons. The lowest BCUT2D eigenvalue weighted by molar-refractivity contribution is 0.305. The molecule has 0 bridgehead atoms. The second-order valence-electron chi connectivity index (χ2n) is 4.32. The Kier molecular flexibility index (Phi) is 4.81. The quantitative estimate of drug-likeness (QED) is 0.865. The van der Waals surface area contributed by atoms with E-state index in [4.69, 9.17) is 15.2 Å². The van der Waals surface area contributed by atoms with Crippen LogP contribution in [0.25, 0.3) is 0 Å². The van der Waals surface area contributed by atoms with Crippen LogP contribution >= 0.6 is 0 Å². The Morgan fingerprint density at radius 1 is 0.947 bits per heavy atom. The second kappa shape index (κ2) is 6.81. The SMILES string of the molecule is COc1cccc(COc2ccc(CCN)cc2)c1. The number of methoxy groups -OCH3 is 1. The van der Waals surface area contributed by atoms with Crippen LogP contribution in [-0.2, 0) is 13.0 Å². The predicted octanol–water partition coefficient (Wildman–Crippen LogP) is 2.78. The van der Waals surface area contributed by atoms with Gasteiger partial charge in [0.05, 0.1) is 7.11 Å². The van der Waals surface area contributed by atoms with Crippen LogP contribution in [0.15, 0.2) is 48.5 Å². The lowest BCUT2D eigenvalue weighted by atomic mass is 10.1. The van der Waals surface area contributed by atoms with Gasteiger partial charge >= 0.3 is 0 Å². The topological polar surface area (TPSA) is 44.5 Å². The van der Waals surface area contributed by atoms with E-state index in [1.54, 1.807) is 7.11 Å². The molecule has 3 heteroatoms. The Labute approximate surface area is 114 Å². The molecule has 0 spiro atoms. The first-order valence-corrected chi connectivity index (χ1v) is 6.36. The van der Waals surface area contributed by atoms with Crippen LogP contribution in [0.2, 0.25) is 0 Å². The van der Waals surface area contributed by atoms with E-state index in [0.717, 1.165) is 23.5 Å². The summed E-state index contributed by atoms with van der Waals surface area (Å²) in [6.07, 6.45) is 0.899. The van der Waals surface area contributed by atoms with Gasteiger partial charge in [-0.3, -0.25) is 0 Å². The predicted molar refractivity (Wildman–Crippen MR) is 76.5 cm³/mol. The molecule has 0 aromatic heterocycles. The number of benzene rings is 2. The van der Waals surface area contributed by atoms with Crippen LogP contribution < -0.4 is 15.2 Å². The number of ether oxygens (including phenoxy) is 2. The van der Waals surface area contributed by atoms with E-state index < -0.39 is 0 Å². The van der Waals surface area contributed by atoms with Gasteiger partial charge in [-0.15, -0.1) is 0 Å². The lowest BCUT2D eigenvalue weighted by Gasteiger charge is -2.08. The molecular formula is C16H19NO2. The summed E-state index contributed by atoms with van der Waals surface area (Å²) in [4.78, 5) is 0. The smallest absolute Gasteiger partial charge is 0.119 e. The highest BCUT2D eigenvalue weighted by molar-refractivity contribution is 5.30. The van der Waals surface area contributed by atoms with Crippen LogP contribution in [0, 0.1) is 0 Å². The van der Waals surface area contributed by atoms with Crippen LogP contribution in [0.3, 0.4) is 0 Å². The molecule has 3 nitrogen and oxygen atoms in total. The summed E-state index contributed by atoms with van der Waals surface area (Å²) in [6, 6.07) is 15.9. The van der Waals surface area contributed by atoms with E-state index in [-0.39, 0.29) is 0 Å². The molecule has 0 fully saturated rings.